The predicted molar refractivity (Wildman–Crippen MR) is 98.1 cm³/mol. The molecule has 5 rings (SSSR count). The van der Waals surface area contributed by atoms with E-state index in [2.05, 4.69) is 43.7 Å². The number of hydrogen-bond donors (Lipinski definition) is 0. The van der Waals surface area contributed by atoms with Crippen molar-refractivity contribution in [2.75, 3.05) is 13.2 Å². The minimum Gasteiger partial charge on any atom is -0.381 e. The zero-order valence-corrected chi connectivity index (χ0v) is 14.9. The van der Waals surface area contributed by atoms with Crippen LogP contribution in [0.4, 0.5) is 0 Å². The maximum Gasteiger partial charge on any atom is 0.177 e. The molecule has 4 aromatic heterocycles. The highest BCUT2D eigenvalue weighted by Crippen LogP contribution is 2.31. The number of fused-ring (bicyclic) bond motifs is 2. The lowest BCUT2D eigenvalue weighted by molar-refractivity contribution is 0.0701. The second-order valence-electron chi connectivity index (χ2n) is 6.80. The van der Waals surface area contributed by atoms with Gasteiger partial charge >= 0.3 is 0 Å². The maximum atomic E-state index is 5.52. The molecule has 1 fully saturated rings. The van der Waals surface area contributed by atoms with Crippen LogP contribution in [0.2, 0.25) is 0 Å². The number of imidazole rings is 1. The summed E-state index contributed by atoms with van der Waals surface area (Å²) in [5, 5.41) is 4.43. The standard InChI is InChI=1S/C19H20N6O/c1-12-20-11-18-16(3-6-24(18)23-12)14-9-17-19(21-10-14)22-13(2)25(17)15-4-7-26-8-5-15/h3,6,9-11,15H,4-5,7-8H2,1-2H3. The molecule has 0 atom stereocenters. The van der Waals surface area contributed by atoms with Crippen molar-refractivity contribution in [1.29, 1.82) is 0 Å². The lowest BCUT2D eigenvalue weighted by Gasteiger charge is -2.25. The highest BCUT2D eigenvalue weighted by atomic mass is 16.5. The molecule has 1 saturated heterocycles. The molecule has 0 saturated carbocycles. The second-order valence-corrected chi connectivity index (χ2v) is 6.80. The zero-order chi connectivity index (χ0) is 17.7. The molecule has 0 N–H and O–H groups in total. The minimum atomic E-state index is 0.419. The molecule has 4 aromatic rings. The van der Waals surface area contributed by atoms with Gasteiger partial charge in [0.2, 0.25) is 0 Å². The van der Waals surface area contributed by atoms with E-state index in [9.17, 15) is 0 Å². The van der Waals surface area contributed by atoms with Crippen molar-refractivity contribution < 1.29 is 4.74 Å². The van der Waals surface area contributed by atoms with Crippen molar-refractivity contribution in [2.24, 2.45) is 0 Å². The van der Waals surface area contributed by atoms with Crippen LogP contribution in [0.25, 0.3) is 27.8 Å². The number of ether oxygens (including phenoxy) is 1. The largest absolute Gasteiger partial charge is 0.381 e. The first kappa shape index (κ1) is 15.5. The second kappa shape index (κ2) is 5.88. The first-order chi connectivity index (χ1) is 12.7. The van der Waals surface area contributed by atoms with Gasteiger partial charge in [-0.2, -0.15) is 5.10 Å². The average molecular weight is 348 g/mol. The molecule has 0 unspecified atom stereocenters. The number of nitrogens with zero attached hydrogens (tertiary/aromatic N) is 6. The Kier molecular flexibility index (Phi) is 3.49. The third-order valence-corrected chi connectivity index (χ3v) is 5.12. The third-order valence-electron chi connectivity index (χ3n) is 5.12. The lowest BCUT2D eigenvalue weighted by Crippen LogP contribution is -2.20. The topological polar surface area (TPSA) is 70.1 Å². The normalized spacial score (nSPS) is 15.9. The number of rotatable bonds is 2. The summed E-state index contributed by atoms with van der Waals surface area (Å²) in [6.45, 7) is 5.55. The summed E-state index contributed by atoms with van der Waals surface area (Å²) in [6.07, 6.45) is 7.74. The number of aromatic nitrogens is 6. The van der Waals surface area contributed by atoms with Gasteiger partial charge < -0.3 is 9.30 Å². The lowest BCUT2D eigenvalue weighted by atomic mass is 10.1. The molecule has 26 heavy (non-hydrogen) atoms. The summed E-state index contributed by atoms with van der Waals surface area (Å²) in [5.41, 5.74) is 5.00. The first-order valence-electron chi connectivity index (χ1n) is 8.94. The Morgan fingerprint density at radius 1 is 1.08 bits per heavy atom. The molecule has 5 heterocycles. The van der Waals surface area contributed by atoms with E-state index in [0.29, 0.717) is 6.04 Å². The molecule has 0 amide bonds. The number of aryl methyl sites for hydroxylation is 2. The monoisotopic (exact) mass is 348 g/mol. The number of pyridine rings is 1. The van der Waals surface area contributed by atoms with Crippen molar-refractivity contribution in [3.63, 3.8) is 0 Å². The molecular weight excluding hydrogens is 328 g/mol. The number of hydrogen-bond acceptors (Lipinski definition) is 5. The summed E-state index contributed by atoms with van der Waals surface area (Å²) >= 11 is 0. The molecule has 7 nitrogen and oxygen atoms in total. The van der Waals surface area contributed by atoms with Crippen LogP contribution in [0.5, 0.6) is 0 Å². The Bertz CT molecular complexity index is 1110. The van der Waals surface area contributed by atoms with Crippen LogP contribution < -0.4 is 0 Å². The van der Waals surface area contributed by atoms with Crippen LogP contribution in [-0.4, -0.2) is 42.3 Å². The minimum absolute atomic E-state index is 0.419. The molecule has 0 spiro atoms. The molecule has 1 aliphatic rings. The van der Waals surface area contributed by atoms with E-state index < -0.39 is 0 Å². The van der Waals surface area contributed by atoms with E-state index in [4.69, 9.17) is 4.74 Å². The van der Waals surface area contributed by atoms with Crippen molar-refractivity contribution in [1.82, 2.24) is 29.1 Å². The van der Waals surface area contributed by atoms with Crippen LogP contribution in [0.3, 0.4) is 0 Å². The zero-order valence-electron chi connectivity index (χ0n) is 14.9. The molecule has 0 radical (unpaired) electrons. The van der Waals surface area contributed by atoms with Gasteiger partial charge in [-0.3, -0.25) is 0 Å². The Morgan fingerprint density at radius 2 is 1.92 bits per heavy atom. The van der Waals surface area contributed by atoms with Crippen molar-refractivity contribution in [3.8, 4) is 11.1 Å². The van der Waals surface area contributed by atoms with E-state index in [1.54, 1.807) is 0 Å². The maximum absolute atomic E-state index is 5.52. The van der Waals surface area contributed by atoms with E-state index in [0.717, 1.165) is 65.5 Å². The third kappa shape index (κ3) is 2.39. The fourth-order valence-corrected chi connectivity index (χ4v) is 3.87. The Balaban J connectivity index is 1.67. The Hall–Kier alpha value is -2.80. The van der Waals surface area contributed by atoms with Crippen LogP contribution in [0, 0.1) is 13.8 Å². The summed E-state index contributed by atoms with van der Waals surface area (Å²) in [7, 11) is 0. The summed E-state index contributed by atoms with van der Waals surface area (Å²) in [5.74, 6) is 1.76. The van der Waals surface area contributed by atoms with Crippen molar-refractivity contribution >= 4 is 16.7 Å². The highest BCUT2D eigenvalue weighted by molar-refractivity contribution is 5.85. The van der Waals surface area contributed by atoms with Gasteiger partial charge in [0.1, 0.15) is 11.6 Å². The van der Waals surface area contributed by atoms with Gasteiger partial charge in [0.15, 0.2) is 5.65 Å². The summed E-state index contributed by atoms with van der Waals surface area (Å²) in [4.78, 5) is 13.6. The molecule has 132 valence electrons. The molecule has 0 aliphatic carbocycles. The van der Waals surface area contributed by atoms with Gasteiger partial charge in [-0.15, -0.1) is 0 Å². The SMILES string of the molecule is Cc1ncc2c(-c3cnc4nc(C)n(C5CCOCC5)c4c3)ccn2n1. The molecule has 0 aromatic carbocycles. The van der Waals surface area contributed by atoms with Gasteiger partial charge in [0.25, 0.3) is 0 Å². The van der Waals surface area contributed by atoms with Crippen molar-refractivity contribution in [3.05, 3.63) is 42.4 Å². The quantitative estimate of drug-likeness (QED) is 0.557. The van der Waals surface area contributed by atoms with Gasteiger partial charge in [-0.1, -0.05) is 0 Å². The fourth-order valence-electron chi connectivity index (χ4n) is 3.87. The van der Waals surface area contributed by atoms with E-state index >= 15 is 0 Å². The summed E-state index contributed by atoms with van der Waals surface area (Å²) < 4.78 is 9.71. The molecular formula is C19H20N6O. The molecule has 7 heteroatoms. The van der Waals surface area contributed by atoms with Crippen LogP contribution in [0.1, 0.15) is 30.5 Å². The van der Waals surface area contributed by atoms with Crippen LogP contribution >= 0.6 is 0 Å². The average Bonchev–Trinajstić information content (AvgIpc) is 3.21. The highest BCUT2D eigenvalue weighted by Gasteiger charge is 2.21. The Labute approximate surface area is 150 Å². The van der Waals surface area contributed by atoms with E-state index in [1.165, 1.54) is 0 Å². The predicted octanol–water partition coefficient (Wildman–Crippen LogP) is 3.11. The smallest absolute Gasteiger partial charge is 0.177 e. The van der Waals surface area contributed by atoms with Gasteiger partial charge in [-0.05, 0) is 38.8 Å². The molecule has 0 bridgehead atoms. The summed E-state index contributed by atoms with van der Waals surface area (Å²) in [6, 6.07) is 4.67. The van der Waals surface area contributed by atoms with Crippen LogP contribution in [0.15, 0.2) is 30.7 Å². The Morgan fingerprint density at radius 3 is 2.77 bits per heavy atom. The van der Waals surface area contributed by atoms with Crippen molar-refractivity contribution in [2.45, 2.75) is 32.7 Å². The molecule has 1 aliphatic heterocycles. The van der Waals surface area contributed by atoms with Gasteiger partial charge in [0, 0.05) is 42.8 Å². The van der Waals surface area contributed by atoms with Crippen LogP contribution in [-0.2, 0) is 4.74 Å². The van der Waals surface area contributed by atoms with E-state index in [1.807, 2.05) is 30.0 Å². The van der Waals surface area contributed by atoms with Gasteiger partial charge in [0.05, 0.1) is 17.2 Å². The fraction of sp³-hybridized carbons (Fsp3) is 0.368. The van der Waals surface area contributed by atoms with Gasteiger partial charge in [-0.25, -0.2) is 19.5 Å². The first-order valence-corrected chi connectivity index (χ1v) is 8.94. The van der Waals surface area contributed by atoms with E-state index in [-0.39, 0.29) is 0 Å².